The molecule has 3 aromatic carbocycles. The van der Waals surface area contributed by atoms with Gasteiger partial charge in [-0.3, -0.25) is 4.79 Å². The van der Waals surface area contributed by atoms with Gasteiger partial charge in [-0.25, -0.2) is 4.98 Å². The molecule has 0 bridgehead atoms. The van der Waals surface area contributed by atoms with Crippen LogP contribution in [0.1, 0.15) is 16.7 Å². The number of rotatable bonds is 7. The third kappa shape index (κ3) is 5.44. The smallest absolute Gasteiger partial charge is 0.231 e. The van der Waals surface area contributed by atoms with Crippen molar-refractivity contribution < 1.29 is 14.3 Å². The van der Waals surface area contributed by atoms with Crippen molar-refractivity contribution in [3.05, 3.63) is 83.4 Å². The third-order valence-electron chi connectivity index (χ3n) is 5.58. The number of amides is 1. The Balaban J connectivity index is 1.29. The molecule has 1 aliphatic heterocycles. The topological polar surface area (TPSA) is 86.2 Å². The van der Waals surface area contributed by atoms with Crippen LogP contribution in [0.15, 0.2) is 71.9 Å². The molecule has 35 heavy (non-hydrogen) atoms. The van der Waals surface area contributed by atoms with E-state index in [9.17, 15) is 4.79 Å². The fraction of sp³-hybridized carbons (Fsp3) is 0.185. The maximum Gasteiger partial charge on any atom is 0.231 e. The molecule has 0 spiro atoms. The number of hydrogen-bond donors (Lipinski definition) is 1. The summed E-state index contributed by atoms with van der Waals surface area (Å²) in [5.74, 6) is 1.49. The summed E-state index contributed by atoms with van der Waals surface area (Å²) in [4.78, 5) is 17.3. The minimum Gasteiger partial charge on any atom is -0.454 e. The second-order valence-corrected chi connectivity index (χ2v) is 9.22. The SMILES string of the molecule is Cc1ccc(-c2nnc(SCC(=O)NCc3ccc4c(c3)OCO4)nc2-c2ccc(C)cc2)cc1. The Bertz CT molecular complexity index is 1360. The number of aryl methyl sites for hydroxylation is 2. The van der Waals surface area contributed by atoms with Gasteiger partial charge in [0.2, 0.25) is 17.9 Å². The van der Waals surface area contributed by atoms with Crippen LogP contribution in [0.5, 0.6) is 11.5 Å². The molecule has 0 atom stereocenters. The Kier molecular flexibility index (Phi) is 6.63. The van der Waals surface area contributed by atoms with Crippen LogP contribution in [0.25, 0.3) is 22.5 Å². The van der Waals surface area contributed by atoms with E-state index >= 15 is 0 Å². The van der Waals surface area contributed by atoms with Crippen molar-refractivity contribution in [2.45, 2.75) is 25.5 Å². The molecule has 0 saturated heterocycles. The molecule has 1 aromatic heterocycles. The Hall–Kier alpha value is -3.91. The van der Waals surface area contributed by atoms with Gasteiger partial charge in [-0.05, 0) is 31.5 Å². The number of hydrogen-bond acceptors (Lipinski definition) is 7. The van der Waals surface area contributed by atoms with E-state index in [4.69, 9.17) is 14.5 Å². The molecule has 176 valence electrons. The van der Waals surface area contributed by atoms with E-state index < -0.39 is 0 Å². The van der Waals surface area contributed by atoms with E-state index in [0.717, 1.165) is 28.1 Å². The number of ether oxygens (including phenoxy) is 2. The van der Waals surface area contributed by atoms with E-state index in [1.807, 2.05) is 80.6 Å². The lowest BCUT2D eigenvalue weighted by molar-refractivity contribution is -0.118. The molecule has 4 aromatic rings. The van der Waals surface area contributed by atoms with Gasteiger partial charge in [-0.2, -0.15) is 0 Å². The van der Waals surface area contributed by atoms with Crippen molar-refractivity contribution in [2.75, 3.05) is 12.5 Å². The Labute approximate surface area is 207 Å². The number of fused-ring (bicyclic) bond motifs is 1. The van der Waals surface area contributed by atoms with Gasteiger partial charge in [0.05, 0.1) is 5.75 Å². The van der Waals surface area contributed by atoms with Crippen LogP contribution in [0.4, 0.5) is 0 Å². The van der Waals surface area contributed by atoms with Crippen LogP contribution in [-0.4, -0.2) is 33.6 Å². The van der Waals surface area contributed by atoms with E-state index in [0.29, 0.717) is 23.1 Å². The molecule has 2 heterocycles. The number of thioether (sulfide) groups is 1. The van der Waals surface area contributed by atoms with Crippen LogP contribution in [0.2, 0.25) is 0 Å². The Morgan fingerprint density at radius 1 is 0.857 bits per heavy atom. The highest BCUT2D eigenvalue weighted by Crippen LogP contribution is 2.33. The molecule has 7 nitrogen and oxygen atoms in total. The van der Waals surface area contributed by atoms with Crippen molar-refractivity contribution in [3.8, 4) is 34.0 Å². The van der Waals surface area contributed by atoms with Crippen LogP contribution in [-0.2, 0) is 11.3 Å². The van der Waals surface area contributed by atoms with Crippen LogP contribution >= 0.6 is 11.8 Å². The van der Waals surface area contributed by atoms with Crippen molar-refractivity contribution in [3.63, 3.8) is 0 Å². The monoisotopic (exact) mass is 484 g/mol. The summed E-state index contributed by atoms with van der Waals surface area (Å²) in [5, 5.41) is 12.2. The van der Waals surface area contributed by atoms with Crippen LogP contribution in [0, 0.1) is 13.8 Å². The summed E-state index contributed by atoms with van der Waals surface area (Å²) in [7, 11) is 0. The molecule has 1 N–H and O–H groups in total. The fourth-order valence-corrected chi connectivity index (χ4v) is 4.24. The first-order valence-corrected chi connectivity index (χ1v) is 12.2. The number of nitrogens with zero attached hydrogens (tertiary/aromatic N) is 3. The number of nitrogens with one attached hydrogen (secondary N) is 1. The Morgan fingerprint density at radius 3 is 2.23 bits per heavy atom. The normalized spacial score (nSPS) is 11.9. The van der Waals surface area contributed by atoms with Crippen molar-refractivity contribution >= 4 is 17.7 Å². The zero-order chi connectivity index (χ0) is 24.2. The van der Waals surface area contributed by atoms with Crippen molar-refractivity contribution in [1.82, 2.24) is 20.5 Å². The van der Waals surface area contributed by atoms with E-state index in [-0.39, 0.29) is 18.5 Å². The molecule has 0 saturated carbocycles. The predicted molar refractivity (Wildman–Crippen MR) is 135 cm³/mol. The predicted octanol–water partition coefficient (Wildman–Crippen LogP) is 4.96. The molecule has 5 rings (SSSR count). The molecule has 0 fully saturated rings. The van der Waals surface area contributed by atoms with Gasteiger partial charge in [0, 0.05) is 17.7 Å². The minimum atomic E-state index is -0.115. The highest BCUT2D eigenvalue weighted by Gasteiger charge is 2.16. The van der Waals surface area contributed by atoms with Crippen LogP contribution < -0.4 is 14.8 Å². The summed E-state index contributed by atoms with van der Waals surface area (Å²) in [6.45, 7) is 4.72. The standard InChI is InChI=1S/C27H24N4O3S/c1-17-3-8-20(9-4-17)25-26(21-10-5-18(2)6-11-21)30-31-27(29-25)35-15-24(32)28-14-19-7-12-22-23(13-19)34-16-33-22/h3-13H,14-16H2,1-2H3,(H,28,32). The number of carbonyl (C=O) groups is 1. The lowest BCUT2D eigenvalue weighted by Crippen LogP contribution is -2.24. The second-order valence-electron chi connectivity index (χ2n) is 8.28. The largest absolute Gasteiger partial charge is 0.454 e. The first-order valence-electron chi connectivity index (χ1n) is 11.2. The van der Waals surface area contributed by atoms with Gasteiger partial charge in [0.15, 0.2) is 11.5 Å². The van der Waals surface area contributed by atoms with Gasteiger partial charge in [-0.15, -0.1) is 10.2 Å². The van der Waals surface area contributed by atoms with E-state index in [1.54, 1.807) is 0 Å². The zero-order valence-electron chi connectivity index (χ0n) is 19.4. The molecule has 1 amide bonds. The van der Waals surface area contributed by atoms with Gasteiger partial charge in [0.25, 0.3) is 0 Å². The maximum atomic E-state index is 12.5. The van der Waals surface area contributed by atoms with E-state index in [2.05, 4.69) is 15.5 Å². The molecular weight excluding hydrogens is 460 g/mol. The summed E-state index contributed by atoms with van der Waals surface area (Å²) in [5.41, 5.74) is 6.64. The van der Waals surface area contributed by atoms with Gasteiger partial charge in [0.1, 0.15) is 11.4 Å². The lowest BCUT2D eigenvalue weighted by atomic mass is 10.0. The third-order valence-corrected chi connectivity index (χ3v) is 6.41. The fourth-order valence-electron chi connectivity index (χ4n) is 3.62. The zero-order valence-corrected chi connectivity index (χ0v) is 20.3. The van der Waals surface area contributed by atoms with Gasteiger partial charge in [-0.1, -0.05) is 77.5 Å². The number of aromatic nitrogens is 3. The second kappa shape index (κ2) is 10.1. The molecule has 1 aliphatic rings. The minimum absolute atomic E-state index is 0.115. The van der Waals surface area contributed by atoms with Crippen LogP contribution in [0.3, 0.4) is 0 Å². The first-order chi connectivity index (χ1) is 17.0. The molecule has 0 aliphatic carbocycles. The summed E-state index contributed by atoms with van der Waals surface area (Å²) in [6, 6.07) is 21.9. The molecule has 0 radical (unpaired) electrons. The maximum absolute atomic E-state index is 12.5. The highest BCUT2D eigenvalue weighted by molar-refractivity contribution is 7.99. The summed E-state index contributed by atoms with van der Waals surface area (Å²) in [6.07, 6.45) is 0. The lowest BCUT2D eigenvalue weighted by Gasteiger charge is -2.10. The first kappa shape index (κ1) is 22.9. The Morgan fingerprint density at radius 2 is 1.51 bits per heavy atom. The highest BCUT2D eigenvalue weighted by atomic mass is 32.2. The summed E-state index contributed by atoms with van der Waals surface area (Å²) >= 11 is 1.26. The van der Waals surface area contributed by atoms with E-state index in [1.165, 1.54) is 22.9 Å². The van der Waals surface area contributed by atoms with Crippen molar-refractivity contribution in [1.29, 1.82) is 0 Å². The molecular formula is C27H24N4O3S. The van der Waals surface area contributed by atoms with Gasteiger partial charge >= 0.3 is 0 Å². The number of carbonyl (C=O) groups excluding carboxylic acids is 1. The van der Waals surface area contributed by atoms with Gasteiger partial charge < -0.3 is 14.8 Å². The average Bonchev–Trinajstić information content (AvgIpc) is 3.35. The molecule has 0 unspecified atom stereocenters. The van der Waals surface area contributed by atoms with Crippen molar-refractivity contribution in [2.24, 2.45) is 0 Å². The molecule has 8 heteroatoms. The summed E-state index contributed by atoms with van der Waals surface area (Å²) < 4.78 is 10.7. The number of benzene rings is 3. The average molecular weight is 485 g/mol. The quantitative estimate of drug-likeness (QED) is 0.371.